The number of anilines is 3. The van der Waals surface area contributed by atoms with Gasteiger partial charge in [0, 0.05) is 36.7 Å². The average molecular weight is 269 g/mol. The first-order valence-corrected chi connectivity index (χ1v) is 6.42. The van der Waals surface area contributed by atoms with Gasteiger partial charge in [-0.2, -0.15) is 0 Å². The molecule has 2 aromatic rings. The highest BCUT2D eigenvalue weighted by molar-refractivity contribution is 6.04. The Kier molecular flexibility index (Phi) is 3.94. The van der Waals surface area contributed by atoms with Crippen LogP contribution in [0.3, 0.4) is 0 Å². The van der Waals surface area contributed by atoms with Crippen molar-refractivity contribution in [3.05, 3.63) is 53.6 Å². The highest BCUT2D eigenvalue weighted by Gasteiger charge is 2.08. The average Bonchev–Trinajstić information content (AvgIpc) is 2.42. The fourth-order valence-electron chi connectivity index (χ4n) is 1.93. The molecule has 2 aromatic carbocycles. The number of amides is 1. The lowest BCUT2D eigenvalue weighted by molar-refractivity contribution is 0.102. The van der Waals surface area contributed by atoms with E-state index < -0.39 is 0 Å². The number of nitrogens with two attached hydrogens (primary N) is 1. The Hall–Kier alpha value is -2.49. The van der Waals surface area contributed by atoms with Crippen molar-refractivity contribution in [3.63, 3.8) is 0 Å². The van der Waals surface area contributed by atoms with Crippen LogP contribution in [-0.2, 0) is 0 Å². The number of rotatable bonds is 3. The Balaban J connectivity index is 2.15. The Labute approximate surface area is 119 Å². The standard InChI is InChI=1S/C16H19N3O/c1-11-10-13(17)6-9-15(11)18-16(20)12-4-7-14(8-5-12)19(2)3/h4-10H,17H2,1-3H3,(H,18,20). The minimum atomic E-state index is -0.122. The van der Waals surface area contributed by atoms with E-state index in [9.17, 15) is 4.79 Å². The molecule has 0 aliphatic carbocycles. The molecule has 3 N–H and O–H groups in total. The molecule has 0 aliphatic rings. The molecular weight excluding hydrogens is 250 g/mol. The molecule has 0 radical (unpaired) electrons. The SMILES string of the molecule is Cc1cc(N)ccc1NC(=O)c1ccc(N(C)C)cc1. The van der Waals surface area contributed by atoms with Crippen molar-refractivity contribution in [3.8, 4) is 0 Å². The van der Waals surface area contributed by atoms with Crippen molar-refractivity contribution in [2.75, 3.05) is 30.0 Å². The van der Waals surface area contributed by atoms with Crippen LogP contribution in [0.15, 0.2) is 42.5 Å². The molecule has 2 rings (SSSR count). The van der Waals surface area contributed by atoms with Crippen LogP contribution in [0.4, 0.5) is 17.1 Å². The molecule has 0 saturated carbocycles. The molecule has 4 nitrogen and oxygen atoms in total. The Morgan fingerprint density at radius 1 is 1.10 bits per heavy atom. The smallest absolute Gasteiger partial charge is 0.255 e. The Bertz CT molecular complexity index is 618. The van der Waals surface area contributed by atoms with Crippen LogP contribution in [0.5, 0.6) is 0 Å². The van der Waals surface area contributed by atoms with E-state index >= 15 is 0 Å². The second-order valence-corrected chi connectivity index (χ2v) is 4.97. The summed E-state index contributed by atoms with van der Waals surface area (Å²) in [5, 5.41) is 2.89. The van der Waals surface area contributed by atoms with E-state index in [2.05, 4.69) is 5.32 Å². The van der Waals surface area contributed by atoms with Crippen LogP contribution in [-0.4, -0.2) is 20.0 Å². The number of nitrogen functional groups attached to an aromatic ring is 1. The van der Waals surface area contributed by atoms with Crippen LogP contribution in [0.25, 0.3) is 0 Å². The number of nitrogens with zero attached hydrogens (tertiary/aromatic N) is 1. The van der Waals surface area contributed by atoms with Crippen LogP contribution < -0.4 is 16.0 Å². The summed E-state index contributed by atoms with van der Waals surface area (Å²) in [5.41, 5.74) is 9.81. The minimum Gasteiger partial charge on any atom is -0.399 e. The van der Waals surface area contributed by atoms with Crippen LogP contribution in [0, 0.1) is 6.92 Å². The molecule has 4 heteroatoms. The molecule has 1 amide bonds. The molecule has 104 valence electrons. The molecule has 0 bridgehead atoms. The zero-order valence-electron chi connectivity index (χ0n) is 12.0. The third-order valence-electron chi connectivity index (χ3n) is 3.14. The molecule has 20 heavy (non-hydrogen) atoms. The number of hydrogen-bond acceptors (Lipinski definition) is 3. The van der Waals surface area contributed by atoms with Crippen LogP contribution in [0.2, 0.25) is 0 Å². The maximum Gasteiger partial charge on any atom is 0.255 e. The fraction of sp³-hybridized carbons (Fsp3) is 0.188. The van der Waals surface area contributed by atoms with Gasteiger partial charge in [0.25, 0.3) is 5.91 Å². The lowest BCUT2D eigenvalue weighted by Crippen LogP contribution is -2.13. The predicted octanol–water partition coefficient (Wildman–Crippen LogP) is 2.90. The van der Waals surface area contributed by atoms with Gasteiger partial charge in [-0.15, -0.1) is 0 Å². The van der Waals surface area contributed by atoms with E-state index in [4.69, 9.17) is 5.73 Å². The topological polar surface area (TPSA) is 58.4 Å². The highest BCUT2D eigenvalue weighted by atomic mass is 16.1. The number of carbonyl (C=O) groups excluding carboxylic acids is 1. The molecule has 0 fully saturated rings. The first-order valence-electron chi connectivity index (χ1n) is 6.42. The number of aryl methyl sites for hydroxylation is 1. The maximum absolute atomic E-state index is 12.2. The largest absolute Gasteiger partial charge is 0.399 e. The monoisotopic (exact) mass is 269 g/mol. The lowest BCUT2D eigenvalue weighted by Gasteiger charge is -2.13. The first kappa shape index (κ1) is 13.9. The van der Waals surface area contributed by atoms with Crippen molar-refractivity contribution in [2.45, 2.75) is 6.92 Å². The predicted molar refractivity (Wildman–Crippen MR) is 84.3 cm³/mol. The van der Waals surface area contributed by atoms with Gasteiger partial charge >= 0.3 is 0 Å². The molecule has 0 heterocycles. The minimum absolute atomic E-state index is 0.122. The number of carbonyl (C=O) groups is 1. The van der Waals surface area contributed by atoms with Crippen molar-refractivity contribution in [1.82, 2.24) is 0 Å². The van der Waals surface area contributed by atoms with Gasteiger partial charge < -0.3 is 16.0 Å². The molecular formula is C16H19N3O. The van der Waals surface area contributed by atoms with Crippen molar-refractivity contribution >= 4 is 23.0 Å². The summed E-state index contributed by atoms with van der Waals surface area (Å²) in [6, 6.07) is 12.9. The molecule has 0 saturated heterocycles. The Morgan fingerprint density at radius 2 is 1.75 bits per heavy atom. The molecule has 0 aliphatic heterocycles. The normalized spacial score (nSPS) is 10.2. The summed E-state index contributed by atoms with van der Waals surface area (Å²) in [6.07, 6.45) is 0. The van der Waals surface area contributed by atoms with E-state index in [1.54, 1.807) is 6.07 Å². The van der Waals surface area contributed by atoms with E-state index in [0.717, 1.165) is 16.9 Å². The summed E-state index contributed by atoms with van der Waals surface area (Å²) >= 11 is 0. The van der Waals surface area contributed by atoms with E-state index in [0.29, 0.717) is 11.3 Å². The molecule has 0 unspecified atom stereocenters. The van der Waals surface area contributed by atoms with Crippen LogP contribution >= 0.6 is 0 Å². The summed E-state index contributed by atoms with van der Waals surface area (Å²) in [4.78, 5) is 14.2. The summed E-state index contributed by atoms with van der Waals surface area (Å²) in [6.45, 7) is 1.92. The van der Waals surface area contributed by atoms with Gasteiger partial charge in [0.2, 0.25) is 0 Å². The van der Waals surface area contributed by atoms with E-state index in [1.165, 1.54) is 0 Å². The summed E-state index contributed by atoms with van der Waals surface area (Å²) in [7, 11) is 3.93. The number of nitrogens with one attached hydrogen (secondary N) is 1. The van der Waals surface area contributed by atoms with E-state index in [-0.39, 0.29) is 5.91 Å². The van der Waals surface area contributed by atoms with Crippen LogP contribution in [0.1, 0.15) is 15.9 Å². The zero-order valence-corrected chi connectivity index (χ0v) is 12.0. The Morgan fingerprint density at radius 3 is 2.30 bits per heavy atom. The quantitative estimate of drug-likeness (QED) is 0.842. The van der Waals surface area contributed by atoms with E-state index in [1.807, 2.05) is 62.3 Å². The van der Waals surface area contributed by atoms with Gasteiger partial charge in [0.05, 0.1) is 0 Å². The van der Waals surface area contributed by atoms with Crippen molar-refractivity contribution < 1.29 is 4.79 Å². The molecule has 0 aromatic heterocycles. The van der Waals surface area contributed by atoms with Gasteiger partial charge in [-0.05, 0) is 55.0 Å². The third kappa shape index (κ3) is 3.09. The van der Waals surface area contributed by atoms with Gasteiger partial charge in [-0.25, -0.2) is 0 Å². The second kappa shape index (κ2) is 5.65. The first-order chi connectivity index (χ1) is 9.47. The molecule has 0 spiro atoms. The lowest BCUT2D eigenvalue weighted by atomic mass is 10.1. The fourth-order valence-corrected chi connectivity index (χ4v) is 1.93. The maximum atomic E-state index is 12.2. The van der Waals surface area contributed by atoms with Crippen molar-refractivity contribution in [1.29, 1.82) is 0 Å². The number of hydrogen-bond donors (Lipinski definition) is 2. The van der Waals surface area contributed by atoms with Gasteiger partial charge in [-0.3, -0.25) is 4.79 Å². The summed E-state index contributed by atoms with van der Waals surface area (Å²) < 4.78 is 0. The third-order valence-corrected chi connectivity index (χ3v) is 3.14. The van der Waals surface area contributed by atoms with Gasteiger partial charge in [0.1, 0.15) is 0 Å². The second-order valence-electron chi connectivity index (χ2n) is 4.97. The number of benzene rings is 2. The molecule has 0 atom stereocenters. The highest BCUT2D eigenvalue weighted by Crippen LogP contribution is 2.19. The van der Waals surface area contributed by atoms with Crippen molar-refractivity contribution in [2.24, 2.45) is 0 Å². The zero-order chi connectivity index (χ0) is 14.7. The summed E-state index contributed by atoms with van der Waals surface area (Å²) in [5.74, 6) is -0.122. The van der Waals surface area contributed by atoms with Gasteiger partial charge in [0.15, 0.2) is 0 Å². The van der Waals surface area contributed by atoms with Gasteiger partial charge in [-0.1, -0.05) is 0 Å².